The Morgan fingerprint density at radius 2 is 2.00 bits per heavy atom. The highest BCUT2D eigenvalue weighted by molar-refractivity contribution is 7.98. The second-order valence-corrected chi connectivity index (χ2v) is 5.11. The van der Waals surface area contributed by atoms with E-state index in [0.717, 1.165) is 18.7 Å². The first kappa shape index (κ1) is 15.7. The average Bonchev–Trinajstić information content (AvgIpc) is 2.46. The van der Waals surface area contributed by atoms with Gasteiger partial charge in [-0.05, 0) is 29.9 Å². The molecular formula is C17H23NS. The van der Waals surface area contributed by atoms with Gasteiger partial charge in [-0.25, -0.2) is 0 Å². The lowest BCUT2D eigenvalue weighted by atomic mass is 9.98. The maximum absolute atomic E-state index is 3.22. The Labute approximate surface area is 122 Å². The van der Waals surface area contributed by atoms with Crippen LogP contribution in [0, 0.1) is 12.0 Å². The van der Waals surface area contributed by atoms with Crippen LogP contribution in [0.25, 0.3) is 5.57 Å². The van der Waals surface area contributed by atoms with Crippen molar-refractivity contribution in [2.45, 2.75) is 33.7 Å². The van der Waals surface area contributed by atoms with Gasteiger partial charge in [0.2, 0.25) is 0 Å². The summed E-state index contributed by atoms with van der Waals surface area (Å²) in [5, 5.41) is 0. The Morgan fingerprint density at radius 1 is 1.26 bits per heavy atom. The summed E-state index contributed by atoms with van der Waals surface area (Å²) in [6.45, 7) is 7.05. The lowest BCUT2D eigenvalue weighted by Gasteiger charge is -2.22. The number of thioether (sulfide) groups is 1. The predicted octanol–water partition coefficient (Wildman–Crippen LogP) is 4.60. The Hall–Kier alpha value is -1.33. The molecule has 0 amide bonds. The maximum Gasteiger partial charge on any atom is 0.0565 e. The first-order valence-corrected chi connectivity index (χ1v) is 8.21. The fourth-order valence-corrected chi connectivity index (χ4v) is 2.26. The predicted molar refractivity (Wildman–Crippen MR) is 87.8 cm³/mol. The van der Waals surface area contributed by atoms with Crippen LogP contribution in [0.5, 0.6) is 0 Å². The van der Waals surface area contributed by atoms with Crippen molar-refractivity contribution in [1.82, 2.24) is 4.90 Å². The first-order valence-electron chi connectivity index (χ1n) is 6.82. The van der Waals surface area contributed by atoms with Crippen molar-refractivity contribution in [1.29, 1.82) is 0 Å². The van der Waals surface area contributed by atoms with E-state index in [1.807, 2.05) is 25.6 Å². The summed E-state index contributed by atoms with van der Waals surface area (Å²) in [6, 6.07) is 11.8. The van der Waals surface area contributed by atoms with E-state index in [1.165, 1.54) is 16.7 Å². The third-order valence-corrected chi connectivity index (χ3v) is 3.40. The quantitative estimate of drug-likeness (QED) is 0.572. The number of benzene rings is 1. The van der Waals surface area contributed by atoms with Gasteiger partial charge in [0.25, 0.3) is 0 Å². The van der Waals surface area contributed by atoms with E-state index in [1.54, 1.807) is 0 Å². The minimum absolute atomic E-state index is 0.903. The molecule has 2 heteroatoms. The number of rotatable bonds is 2. The molecule has 0 unspecified atom stereocenters. The van der Waals surface area contributed by atoms with Crippen molar-refractivity contribution < 1.29 is 0 Å². The average molecular weight is 273 g/mol. The molecule has 0 aliphatic carbocycles. The molecule has 0 atom stereocenters. The van der Waals surface area contributed by atoms with Gasteiger partial charge in [0.15, 0.2) is 0 Å². The van der Waals surface area contributed by atoms with Gasteiger partial charge in [-0.3, -0.25) is 0 Å². The molecule has 1 aromatic carbocycles. The fourth-order valence-electron chi connectivity index (χ4n) is 1.96. The third kappa shape index (κ3) is 4.69. The lowest BCUT2D eigenvalue weighted by Crippen LogP contribution is -2.16. The second kappa shape index (κ2) is 8.72. The highest BCUT2D eigenvalue weighted by atomic mass is 32.2. The van der Waals surface area contributed by atoms with Crippen molar-refractivity contribution in [2.75, 3.05) is 12.0 Å². The molecule has 0 fully saturated rings. The minimum atomic E-state index is 0.903. The van der Waals surface area contributed by atoms with Crippen LogP contribution in [0.4, 0.5) is 0 Å². The van der Waals surface area contributed by atoms with Gasteiger partial charge in [0.1, 0.15) is 0 Å². The van der Waals surface area contributed by atoms with E-state index in [2.05, 4.69) is 60.5 Å². The van der Waals surface area contributed by atoms with E-state index in [9.17, 15) is 0 Å². The molecule has 1 aromatic rings. The van der Waals surface area contributed by atoms with Crippen molar-refractivity contribution in [3.63, 3.8) is 0 Å². The smallest absolute Gasteiger partial charge is 0.0565 e. The number of nitrogens with zero attached hydrogens (tertiary/aromatic N) is 1. The summed E-state index contributed by atoms with van der Waals surface area (Å²) in [5.41, 5.74) is 4.02. The number of hydrogen-bond acceptors (Lipinski definition) is 2. The molecule has 2 rings (SSSR count). The summed E-state index contributed by atoms with van der Waals surface area (Å²) in [4.78, 5) is 2.10. The van der Waals surface area contributed by atoms with Crippen molar-refractivity contribution in [3.8, 4) is 12.0 Å². The van der Waals surface area contributed by atoms with Crippen LogP contribution in [0.2, 0.25) is 0 Å². The van der Waals surface area contributed by atoms with E-state index in [4.69, 9.17) is 0 Å². The topological polar surface area (TPSA) is 3.24 Å². The number of fused-ring (bicyclic) bond motifs is 1. The van der Waals surface area contributed by atoms with Crippen LogP contribution < -0.4 is 0 Å². The van der Waals surface area contributed by atoms with Crippen molar-refractivity contribution >= 4 is 17.3 Å². The standard InChI is InChI=1S/C15H17NS.C2H6/c1-13-11-16(9-5-6-10-17-2)12-14-7-3-4-8-15(13)14;1-2/h3-4,7-8,11H,6,10,12H2,1-2H3;1-2H3. The second-order valence-electron chi connectivity index (χ2n) is 4.13. The molecule has 102 valence electrons. The number of allylic oxidation sites excluding steroid dienone is 1. The molecule has 0 radical (unpaired) electrons. The fraction of sp³-hybridized carbons (Fsp3) is 0.412. The zero-order chi connectivity index (χ0) is 14.1. The molecule has 19 heavy (non-hydrogen) atoms. The van der Waals surface area contributed by atoms with Gasteiger partial charge in [-0.1, -0.05) is 44.0 Å². The Balaban J connectivity index is 0.000000861. The van der Waals surface area contributed by atoms with Gasteiger partial charge in [0, 0.05) is 24.4 Å². The molecule has 0 bridgehead atoms. The van der Waals surface area contributed by atoms with Gasteiger partial charge in [-0.15, -0.1) is 0 Å². The van der Waals surface area contributed by atoms with E-state index in [-0.39, 0.29) is 0 Å². The molecule has 1 nitrogen and oxygen atoms in total. The first-order chi connectivity index (χ1) is 9.31. The molecule has 0 saturated heterocycles. The summed E-state index contributed by atoms with van der Waals surface area (Å²) in [6.07, 6.45) is 5.23. The van der Waals surface area contributed by atoms with Crippen LogP contribution in [0.15, 0.2) is 30.5 Å². The normalized spacial score (nSPS) is 12.4. The summed E-state index contributed by atoms with van der Waals surface area (Å²) in [7, 11) is 0. The van der Waals surface area contributed by atoms with E-state index < -0.39 is 0 Å². The van der Waals surface area contributed by atoms with Crippen LogP contribution in [0.1, 0.15) is 38.3 Å². The highest BCUT2D eigenvalue weighted by Gasteiger charge is 2.12. The SMILES string of the molecule is CC.CSCCC#CN1C=C(C)c2ccccc2C1. The van der Waals surface area contributed by atoms with E-state index >= 15 is 0 Å². The summed E-state index contributed by atoms with van der Waals surface area (Å²) < 4.78 is 0. The Bertz CT molecular complexity index is 480. The zero-order valence-corrected chi connectivity index (χ0v) is 13.2. The largest absolute Gasteiger partial charge is 0.304 e. The monoisotopic (exact) mass is 273 g/mol. The maximum atomic E-state index is 3.22. The molecule has 1 heterocycles. The molecule has 0 aromatic heterocycles. The van der Waals surface area contributed by atoms with Crippen LogP contribution >= 0.6 is 11.8 Å². The van der Waals surface area contributed by atoms with Crippen molar-refractivity contribution in [3.05, 3.63) is 41.6 Å². The Kier molecular flexibility index (Phi) is 7.22. The van der Waals surface area contributed by atoms with Crippen LogP contribution in [-0.4, -0.2) is 16.9 Å². The van der Waals surface area contributed by atoms with Crippen molar-refractivity contribution in [2.24, 2.45) is 0 Å². The minimum Gasteiger partial charge on any atom is -0.304 e. The Morgan fingerprint density at radius 3 is 2.74 bits per heavy atom. The van der Waals surface area contributed by atoms with Gasteiger partial charge in [0.05, 0.1) is 6.54 Å². The van der Waals surface area contributed by atoms with Gasteiger partial charge in [-0.2, -0.15) is 11.8 Å². The van der Waals surface area contributed by atoms with Crippen LogP contribution in [0.3, 0.4) is 0 Å². The molecule has 1 aliphatic heterocycles. The van der Waals surface area contributed by atoms with Crippen LogP contribution in [-0.2, 0) is 6.54 Å². The molecule has 1 aliphatic rings. The molecule has 0 saturated carbocycles. The molecule has 0 spiro atoms. The summed E-state index contributed by atoms with van der Waals surface area (Å²) in [5.74, 6) is 4.33. The molecule has 0 N–H and O–H groups in total. The van der Waals surface area contributed by atoms with Gasteiger partial charge < -0.3 is 4.90 Å². The van der Waals surface area contributed by atoms with E-state index in [0.29, 0.717) is 0 Å². The highest BCUT2D eigenvalue weighted by Crippen LogP contribution is 2.25. The zero-order valence-electron chi connectivity index (χ0n) is 12.4. The van der Waals surface area contributed by atoms with Gasteiger partial charge >= 0.3 is 0 Å². The summed E-state index contributed by atoms with van der Waals surface area (Å²) >= 11 is 1.84. The lowest BCUT2D eigenvalue weighted by molar-refractivity contribution is 0.522. The number of hydrogen-bond donors (Lipinski definition) is 0. The third-order valence-electron chi connectivity index (χ3n) is 2.79. The molecular weight excluding hydrogens is 250 g/mol.